The van der Waals surface area contributed by atoms with E-state index in [1.54, 1.807) is 12.4 Å². The molecule has 4 heterocycles. The summed E-state index contributed by atoms with van der Waals surface area (Å²) in [5.41, 5.74) is 3.62. The summed E-state index contributed by atoms with van der Waals surface area (Å²) in [5.74, 6) is 0.572. The van der Waals surface area contributed by atoms with E-state index in [1.807, 2.05) is 34.9 Å². The maximum atomic E-state index is 9.64. The Balaban J connectivity index is 1.34. The molecule has 7 heteroatoms. The molecule has 1 N–H and O–H groups in total. The van der Waals surface area contributed by atoms with Crippen LogP contribution in [0.1, 0.15) is 18.4 Å². The Morgan fingerprint density at radius 2 is 1.97 bits per heavy atom. The summed E-state index contributed by atoms with van der Waals surface area (Å²) in [4.78, 5) is 6.94. The minimum absolute atomic E-state index is 0.489. The zero-order valence-electron chi connectivity index (χ0n) is 17.4. The lowest BCUT2D eigenvalue weighted by molar-refractivity contribution is 0.0372. The molecule has 0 aliphatic carbocycles. The summed E-state index contributed by atoms with van der Waals surface area (Å²) in [7, 11) is 0. The third-order valence-electron chi connectivity index (χ3n) is 5.88. The van der Waals surface area contributed by atoms with Gasteiger partial charge in [-0.1, -0.05) is 11.2 Å². The topological polar surface area (TPSA) is 75.5 Å². The maximum absolute atomic E-state index is 9.64. The lowest BCUT2D eigenvalue weighted by Crippen LogP contribution is -2.36. The molecule has 0 spiro atoms. The van der Waals surface area contributed by atoms with Gasteiger partial charge in [0.2, 0.25) is 0 Å². The lowest BCUT2D eigenvalue weighted by Gasteiger charge is -2.26. The lowest BCUT2D eigenvalue weighted by atomic mass is 10.0. The summed E-state index contributed by atoms with van der Waals surface area (Å²) in [6, 6.07) is 13.8. The number of aryl methyl sites for hydroxylation is 1. The number of unbranched alkanes of at least 4 members (excludes halogenated alkanes) is 1. The molecule has 4 aromatic rings. The molecule has 0 bridgehead atoms. The minimum Gasteiger partial charge on any atom is -0.454 e. The normalized spacial score (nSPS) is 15.8. The van der Waals surface area contributed by atoms with E-state index in [4.69, 9.17) is 9.15 Å². The molecule has 1 fully saturated rings. The second-order valence-electron chi connectivity index (χ2n) is 7.95. The second kappa shape index (κ2) is 8.91. The van der Waals surface area contributed by atoms with E-state index in [2.05, 4.69) is 27.2 Å². The first kappa shape index (κ1) is 19.8. The van der Waals surface area contributed by atoms with Gasteiger partial charge < -0.3 is 18.8 Å². The summed E-state index contributed by atoms with van der Waals surface area (Å²) < 4.78 is 13.5. The predicted molar refractivity (Wildman–Crippen MR) is 118 cm³/mol. The van der Waals surface area contributed by atoms with Crippen LogP contribution in [0.4, 0.5) is 0 Å². The van der Waals surface area contributed by atoms with Gasteiger partial charge in [-0.25, -0.2) is 4.98 Å². The third-order valence-corrected chi connectivity index (χ3v) is 5.88. The highest BCUT2D eigenvalue weighted by Gasteiger charge is 2.11. The Morgan fingerprint density at radius 3 is 2.84 bits per heavy atom. The van der Waals surface area contributed by atoms with E-state index in [0.717, 1.165) is 63.0 Å². The molecular weight excluding hydrogens is 392 g/mol. The van der Waals surface area contributed by atoms with Gasteiger partial charge in [-0.3, -0.25) is 4.90 Å². The number of ether oxygens (including phenoxy) is 1. The van der Waals surface area contributed by atoms with Gasteiger partial charge in [0.1, 0.15) is 16.6 Å². The smallest absolute Gasteiger partial charge is 0.155 e. The van der Waals surface area contributed by atoms with E-state index in [-0.39, 0.29) is 0 Å². The van der Waals surface area contributed by atoms with Crippen molar-refractivity contribution in [3.8, 4) is 11.5 Å². The molecule has 31 heavy (non-hydrogen) atoms. The molecule has 0 atom stereocenters. The van der Waals surface area contributed by atoms with Crippen LogP contribution in [0.5, 0.6) is 0 Å². The van der Waals surface area contributed by atoms with Crippen molar-refractivity contribution in [1.82, 2.24) is 14.3 Å². The van der Waals surface area contributed by atoms with Crippen LogP contribution < -0.4 is 5.36 Å². The molecular formula is C24H26N4O3. The summed E-state index contributed by atoms with van der Waals surface area (Å²) in [5, 5.41) is 14.5. The van der Waals surface area contributed by atoms with Crippen molar-refractivity contribution < 1.29 is 14.4 Å². The van der Waals surface area contributed by atoms with Gasteiger partial charge in [0.15, 0.2) is 5.76 Å². The fraction of sp³-hybridized carbons (Fsp3) is 0.333. The first-order valence-electron chi connectivity index (χ1n) is 10.8. The van der Waals surface area contributed by atoms with E-state index in [9.17, 15) is 5.21 Å². The Kier molecular flexibility index (Phi) is 5.69. The van der Waals surface area contributed by atoms with Crippen molar-refractivity contribution in [2.24, 2.45) is 5.16 Å². The van der Waals surface area contributed by atoms with Crippen molar-refractivity contribution >= 4 is 16.5 Å². The average Bonchev–Trinajstić information content (AvgIpc) is 3.30. The van der Waals surface area contributed by atoms with Crippen LogP contribution in [-0.4, -0.2) is 52.3 Å². The largest absolute Gasteiger partial charge is 0.454 e. The molecule has 0 unspecified atom stereocenters. The molecule has 7 nitrogen and oxygen atoms in total. The number of hydrogen-bond donors (Lipinski definition) is 1. The third kappa shape index (κ3) is 4.33. The van der Waals surface area contributed by atoms with Crippen LogP contribution in [0.2, 0.25) is 0 Å². The van der Waals surface area contributed by atoms with E-state index >= 15 is 0 Å². The van der Waals surface area contributed by atoms with Crippen molar-refractivity contribution in [3.63, 3.8) is 0 Å². The fourth-order valence-corrected chi connectivity index (χ4v) is 4.14. The number of aromatic nitrogens is 2. The molecule has 0 radical (unpaired) electrons. The molecule has 1 aliphatic heterocycles. The monoisotopic (exact) mass is 418 g/mol. The van der Waals surface area contributed by atoms with Crippen molar-refractivity contribution in [2.75, 3.05) is 32.8 Å². The average molecular weight is 418 g/mol. The highest BCUT2D eigenvalue weighted by atomic mass is 16.5. The Hall–Kier alpha value is -3.16. The predicted octanol–water partition coefficient (Wildman–Crippen LogP) is 3.69. The zero-order chi connectivity index (χ0) is 21.0. The number of nitrogens with zero attached hydrogens (tertiary/aromatic N) is 4. The molecule has 0 amide bonds. The number of fused-ring (bicyclic) bond motifs is 2. The summed E-state index contributed by atoms with van der Waals surface area (Å²) in [6.07, 6.45) is 6.96. The highest BCUT2D eigenvalue weighted by Crippen LogP contribution is 2.23. The number of benzene rings is 1. The van der Waals surface area contributed by atoms with Gasteiger partial charge in [-0.2, -0.15) is 0 Å². The first-order chi connectivity index (χ1) is 15.3. The molecule has 1 aromatic carbocycles. The van der Waals surface area contributed by atoms with Crippen LogP contribution in [0.3, 0.4) is 0 Å². The molecule has 0 saturated carbocycles. The first-order valence-corrected chi connectivity index (χ1v) is 10.8. The Bertz CT molecular complexity index is 1250. The van der Waals surface area contributed by atoms with Crippen LogP contribution in [0.25, 0.3) is 27.9 Å². The van der Waals surface area contributed by atoms with E-state index in [1.165, 1.54) is 5.56 Å². The van der Waals surface area contributed by atoms with Crippen LogP contribution in [0.15, 0.2) is 64.6 Å². The summed E-state index contributed by atoms with van der Waals surface area (Å²) in [6.45, 7) is 4.88. The quantitative estimate of drug-likeness (QED) is 0.294. The molecule has 5 rings (SSSR count). The van der Waals surface area contributed by atoms with Gasteiger partial charge in [-0.15, -0.1) is 0 Å². The molecule has 3 aromatic heterocycles. The van der Waals surface area contributed by atoms with Crippen molar-refractivity contribution in [3.05, 3.63) is 65.9 Å². The summed E-state index contributed by atoms with van der Waals surface area (Å²) >= 11 is 0. The number of rotatable bonds is 6. The van der Waals surface area contributed by atoms with Gasteiger partial charge in [0, 0.05) is 36.3 Å². The van der Waals surface area contributed by atoms with Gasteiger partial charge in [-0.05, 0) is 61.7 Å². The number of morpholine rings is 1. The van der Waals surface area contributed by atoms with Crippen LogP contribution in [-0.2, 0) is 11.2 Å². The minimum atomic E-state index is 0.489. The van der Waals surface area contributed by atoms with Crippen molar-refractivity contribution in [1.29, 1.82) is 0 Å². The van der Waals surface area contributed by atoms with Gasteiger partial charge >= 0.3 is 0 Å². The van der Waals surface area contributed by atoms with Crippen molar-refractivity contribution in [2.45, 2.75) is 19.3 Å². The standard InChI is InChI=1S/C24H26N4O3/c29-26-21-16-24(22-15-19-5-3-9-28(19)17-25-22)31-23-7-6-18(14-20(21)23)4-1-2-8-27-10-12-30-13-11-27/h3,5-7,9,14-17,29H,1-2,4,8,10-13H2/b26-21-. The maximum Gasteiger partial charge on any atom is 0.155 e. The van der Waals surface area contributed by atoms with Crippen LogP contribution >= 0.6 is 0 Å². The fourth-order valence-electron chi connectivity index (χ4n) is 4.14. The number of hydrogen-bond acceptors (Lipinski definition) is 6. The Labute approximate surface area is 180 Å². The highest BCUT2D eigenvalue weighted by molar-refractivity contribution is 5.79. The molecule has 160 valence electrons. The van der Waals surface area contributed by atoms with Gasteiger partial charge in [0.05, 0.1) is 19.5 Å². The second-order valence-corrected chi connectivity index (χ2v) is 7.95. The van der Waals surface area contributed by atoms with Crippen LogP contribution in [0, 0.1) is 0 Å². The Morgan fingerprint density at radius 1 is 1.06 bits per heavy atom. The molecule has 1 saturated heterocycles. The van der Waals surface area contributed by atoms with Gasteiger partial charge in [0.25, 0.3) is 0 Å². The van der Waals surface area contributed by atoms with E-state index in [0.29, 0.717) is 22.4 Å². The SMILES string of the molecule is O/N=c1/cc(-c2cc3cccn3cn2)oc2ccc(CCCCN3CCOCC3)cc12. The zero-order valence-corrected chi connectivity index (χ0v) is 17.4. The molecule has 1 aliphatic rings. The van der Waals surface area contributed by atoms with E-state index < -0.39 is 0 Å².